The first-order chi connectivity index (χ1) is 8.75. The average Bonchev–Trinajstić information content (AvgIpc) is 2.40. The van der Waals surface area contributed by atoms with Crippen LogP contribution in [0, 0.1) is 6.92 Å². The second-order valence-electron chi connectivity index (χ2n) is 4.05. The predicted octanol–water partition coefficient (Wildman–Crippen LogP) is 4.96. The molecule has 1 nitrogen and oxygen atoms in total. The largest absolute Gasteiger partial charge is 0.384 e. The van der Waals surface area contributed by atoms with Gasteiger partial charge in [0, 0.05) is 27.4 Å². The van der Waals surface area contributed by atoms with Gasteiger partial charge in [-0.2, -0.15) is 0 Å². The summed E-state index contributed by atoms with van der Waals surface area (Å²) in [7, 11) is 0. The Bertz CT molecular complexity index is 499. The van der Waals surface area contributed by atoms with Crippen molar-refractivity contribution in [1.29, 1.82) is 0 Å². The molecule has 0 fully saturated rings. The Morgan fingerprint density at radius 2 is 1.89 bits per heavy atom. The number of rotatable bonds is 5. The molecule has 0 unspecified atom stereocenters. The van der Waals surface area contributed by atoms with Crippen LogP contribution in [0.5, 0.6) is 0 Å². The topological polar surface area (TPSA) is 12.0 Å². The van der Waals surface area contributed by atoms with Gasteiger partial charge in [-0.3, -0.25) is 0 Å². The van der Waals surface area contributed by atoms with Gasteiger partial charge in [-0.15, -0.1) is 11.8 Å². The summed E-state index contributed by atoms with van der Waals surface area (Å²) in [5.41, 5.74) is 2.44. The Kier molecular flexibility index (Phi) is 5.14. The quantitative estimate of drug-likeness (QED) is 0.617. The number of hydrogen-bond acceptors (Lipinski definition) is 2. The molecule has 1 N–H and O–H groups in total. The van der Waals surface area contributed by atoms with Gasteiger partial charge < -0.3 is 5.32 Å². The fraction of sp³-hybridized carbons (Fsp3) is 0.200. The first-order valence-corrected chi connectivity index (χ1v) is 7.71. The molecule has 3 heteroatoms. The molecule has 2 rings (SSSR count). The first-order valence-electron chi connectivity index (χ1n) is 5.93. The maximum atomic E-state index is 3.51. The van der Waals surface area contributed by atoms with Crippen molar-refractivity contribution in [1.82, 2.24) is 0 Å². The Morgan fingerprint density at radius 1 is 1.11 bits per heavy atom. The molecule has 0 radical (unpaired) electrons. The number of hydrogen-bond donors (Lipinski definition) is 1. The molecule has 0 aromatic heterocycles. The summed E-state index contributed by atoms with van der Waals surface area (Å²) in [6.07, 6.45) is 0. The van der Waals surface area contributed by atoms with E-state index < -0.39 is 0 Å². The number of halogens is 1. The van der Waals surface area contributed by atoms with Gasteiger partial charge in [-0.05, 0) is 42.8 Å². The second kappa shape index (κ2) is 6.86. The molecule has 2 aromatic carbocycles. The highest BCUT2D eigenvalue weighted by Crippen LogP contribution is 2.20. The molecular formula is C15H16BrNS. The van der Waals surface area contributed by atoms with E-state index in [2.05, 4.69) is 70.6 Å². The molecule has 2 aromatic rings. The van der Waals surface area contributed by atoms with Crippen LogP contribution < -0.4 is 5.32 Å². The summed E-state index contributed by atoms with van der Waals surface area (Å²) in [6.45, 7) is 3.08. The van der Waals surface area contributed by atoms with Gasteiger partial charge in [0.05, 0.1) is 0 Å². The van der Waals surface area contributed by atoms with E-state index in [0.29, 0.717) is 0 Å². The van der Waals surface area contributed by atoms with Crippen LogP contribution >= 0.6 is 27.7 Å². The van der Waals surface area contributed by atoms with Crippen LogP contribution in [-0.4, -0.2) is 12.3 Å². The van der Waals surface area contributed by atoms with Crippen LogP contribution in [0.15, 0.2) is 57.9 Å². The molecular weight excluding hydrogens is 306 g/mol. The van der Waals surface area contributed by atoms with E-state index in [9.17, 15) is 0 Å². The fourth-order valence-electron chi connectivity index (χ4n) is 1.64. The molecule has 0 saturated carbocycles. The molecule has 0 atom stereocenters. The Morgan fingerprint density at radius 3 is 2.61 bits per heavy atom. The van der Waals surface area contributed by atoms with Gasteiger partial charge in [0.15, 0.2) is 0 Å². The molecule has 0 aliphatic heterocycles. The second-order valence-corrected chi connectivity index (χ2v) is 6.07. The third-order valence-corrected chi connectivity index (χ3v) is 4.50. The van der Waals surface area contributed by atoms with Crippen molar-refractivity contribution in [2.45, 2.75) is 11.8 Å². The van der Waals surface area contributed by atoms with Gasteiger partial charge in [0.1, 0.15) is 0 Å². The van der Waals surface area contributed by atoms with Crippen molar-refractivity contribution >= 4 is 33.4 Å². The number of nitrogens with one attached hydrogen (secondary N) is 1. The molecule has 0 aliphatic rings. The Hall–Kier alpha value is -0.930. The minimum Gasteiger partial charge on any atom is -0.384 e. The molecule has 18 heavy (non-hydrogen) atoms. The molecule has 0 saturated heterocycles. The smallest absolute Gasteiger partial charge is 0.0343 e. The van der Waals surface area contributed by atoms with Crippen molar-refractivity contribution < 1.29 is 0 Å². The standard InChI is InChI=1S/C15H16BrNS/c1-12-11-13(7-8-15(12)16)17-9-10-18-14-5-3-2-4-6-14/h2-8,11,17H,9-10H2,1H3. The fourth-order valence-corrected chi connectivity index (χ4v) is 2.67. The molecule has 0 heterocycles. The average molecular weight is 322 g/mol. The van der Waals surface area contributed by atoms with E-state index in [0.717, 1.165) is 16.8 Å². The summed E-state index contributed by atoms with van der Waals surface area (Å²) >= 11 is 5.39. The zero-order valence-corrected chi connectivity index (χ0v) is 12.7. The monoisotopic (exact) mass is 321 g/mol. The number of anilines is 1. The van der Waals surface area contributed by atoms with E-state index in [1.165, 1.54) is 16.1 Å². The molecule has 0 amide bonds. The lowest BCUT2D eigenvalue weighted by Gasteiger charge is -2.08. The summed E-state index contributed by atoms with van der Waals surface area (Å²) in [5, 5.41) is 3.44. The minimum atomic E-state index is 0.973. The number of aryl methyl sites for hydroxylation is 1. The van der Waals surface area contributed by atoms with Crippen molar-refractivity contribution in [3.8, 4) is 0 Å². The minimum absolute atomic E-state index is 0.973. The van der Waals surface area contributed by atoms with E-state index in [-0.39, 0.29) is 0 Å². The van der Waals surface area contributed by atoms with E-state index in [1.807, 2.05) is 17.8 Å². The van der Waals surface area contributed by atoms with Gasteiger partial charge in [0.25, 0.3) is 0 Å². The van der Waals surface area contributed by atoms with Crippen LogP contribution in [0.4, 0.5) is 5.69 Å². The highest BCUT2D eigenvalue weighted by molar-refractivity contribution is 9.10. The summed E-state index contributed by atoms with van der Waals surface area (Å²) in [6, 6.07) is 16.8. The van der Waals surface area contributed by atoms with Crippen molar-refractivity contribution in [3.05, 3.63) is 58.6 Å². The van der Waals surface area contributed by atoms with Gasteiger partial charge in [-0.25, -0.2) is 0 Å². The lowest BCUT2D eigenvalue weighted by molar-refractivity contribution is 1.22. The van der Waals surface area contributed by atoms with Gasteiger partial charge in [-0.1, -0.05) is 34.1 Å². The molecule has 0 bridgehead atoms. The maximum Gasteiger partial charge on any atom is 0.0343 e. The summed E-state index contributed by atoms with van der Waals surface area (Å²) in [4.78, 5) is 1.33. The maximum absolute atomic E-state index is 3.51. The lowest BCUT2D eigenvalue weighted by Crippen LogP contribution is -2.03. The van der Waals surface area contributed by atoms with Crippen LogP contribution in [0.25, 0.3) is 0 Å². The van der Waals surface area contributed by atoms with Gasteiger partial charge >= 0.3 is 0 Å². The summed E-state index contributed by atoms with van der Waals surface area (Å²) in [5.74, 6) is 1.07. The molecule has 0 spiro atoms. The normalized spacial score (nSPS) is 10.3. The zero-order valence-electron chi connectivity index (χ0n) is 10.3. The van der Waals surface area contributed by atoms with Crippen LogP contribution in [0.3, 0.4) is 0 Å². The van der Waals surface area contributed by atoms with E-state index in [4.69, 9.17) is 0 Å². The third-order valence-electron chi connectivity index (χ3n) is 2.60. The Balaban J connectivity index is 1.77. The van der Waals surface area contributed by atoms with Crippen molar-refractivity contribution in [3.63, 3.8) is 0 Å². The van der Waals surface area contributed by atoms with Crippen LogP contribution in [-0.2, 0) is 0 Å². The highest BCUT2D eigenvalue weighted by atomic mass is 79.9. The molecule has 94 valence electrons. The van der Waals surface area contributed by atoms with Crippen molar-refractivity contribution in [2.75, 3.05) is 17.6 Å². The zero-order chi connectivity index (χ0) is 12.8. The molecule has 0 aliphatic carbocycles. The highest BCUT2D eigenvalue weighted by Gasteiger charge is 1.97. The number of benzene rings is 2. The Labute approximate surface area is 121 Å². The number of thioether (sulfide) groups is 1. The van der Waals surface area contributed by atoms with E-state index in [1.54, 1.807) is 0 Å². The summed E-state index contributed by atoms with van der Waals surface area (Å²) < 4.78 is 1.16. The van der Waals surface area contributed by atoms with Gasteiger partial charge in [0.2, 0.25) is 0 Å². The van der Waals surface area contributed by atoms with Crippen LogP contribution in [0.2, 0.25) is 0 Å². The third kappa shape index (κ3) is 4.07. The van der Waals surface area contributed by atoms with Crippen LogP contribution in [0.1, 0.15) is 5.56 Å². The van der Waals surface area contributed by atoms with E-state index >= 15 is 0 Å². The predicted molar refractivity (Wildman–Crippen MR) is 84.5 cm³/mol. The first kappa shape index (κ1) is 13.5. The SMILES string of the molecule is Cc1cc(NCCSc2ccccc2)ccc1Br. The van der Waals surface area contributed by atoms with Crippen molar-refractivity contribution in [2.24, 2.45) is 0 Å². The lowest BCUT2D eigenvalue weighted by atomic mass is 10.2.